The molecule has 8 heteroatoms. The van der Waals surface area contributed by atoms with Crippen LogP contribution in [0.4, 0.5) is 8.78 Å². The fourth-order valence-electron chi connectivity index (χ4n) is 1.08. The minimum absolute atomic E-state index is 0.0340. The number of methoxy groups -OCH3 is 2. The molecule has 0 aromatic carbocycles. The average molecular weight is 282 g/mol. The van der Waals surface area contributed by atoms with Crippen molar-refractivity contribution < 1.29 is 27.8 Å². The Bertz CT molecular complexity index is 456. The lowest BCUT2D eigenvalue weighted by Gasteiger charge is -2.09. The second kappa shape index (κ2) is 6.46. The fourth-order valence-corrected chi connectivity index (χ4v) is 1.32. The van der Waals surface area contributed by atoms with Gasteiger partial charge in [-0.2, -0.15) is 9.37 Å². The van der Waals surface area contributed by atoms with Crippen LogP contribution in [0.1, 0.15) is 10.4 Å². The maximum absolute atomic E-state index is 13.6. The zero-order valence-electron chi connectivity index (χ0n) is 9.63. The molecule has 1 rings (SSSR count). The molecule has 5 nitrogen and oxygen atoms in total. The number of pyridine rings is 1. The Hall–Kier alpha value is -1.47. The van der Waals surface area contributed by atoms with Crippen LogP contribution in [0.25, 0.3) is 0 Å². The maximum atomic E-state index is 13.6. The first kappa shape index (κ1) is 14.6. The molecule has 0 amide bonds. The van der Waals surface area contributed by atoms with E-state index in [4.69, 9.17) is 16.3 Å². The standard InChI is InChI=1S/C10H10ClF2NO4/c1-16-3-4-18-9-7(13)6(12)5(8(11)14-9)10(15)17-2/h3-4H2,1-2H3. The van der Waals surface area contributed by atoms with E-state index in [1.165, 1.54) is 7.11 Å². The molecule has 0 fully saturated rings. The molecule has 0 aliphatic heterocycles. The van der Waals surface area contributed by atoms with Gasteiger partial charge in [-0.1, -0.05) is 11.6 Å². The van der Waals surface area contributed by atoms with E-state index in [1.807, 2.05) is 0 Å². The van der Waals surface area contributed by atoms with E-state index in [0.717, 1.165) is 7.11 Å². The molecule has 0 radical (unpaired) electrons. The second-order valence-electron chi connectivity index (χ2n) is 3.04. The van der Waals surface area contributed by atoms with Gasteiger partial charge in [0, 0.05) is 7.11 Å². The van der Waals surface area contributed by atoms with Gasteiger partial charge < -0.3 is 14.2 Å². The molecule has 0 unspecified atom stereocenters. The van der Waals surface area contributed by atoms with Crippen LogP contribution in [0.15, 0.2) is 0 Å². The number of ether oxygens (including phenoxy) is 3. The van der Waals surface area contributed by atoms with Crippen LogP contribution < -0.4 is 4.74 Å². The fraction of sp³-hybridized carbons (Fsp3) is 0.400. The smallest absolute Gasteiger partial charge is 0.344 e. The maximum Gasteiger partial charge on any atom is 0.344 e. The van der Waals surface area contributed by atoms with Crippen molar-refractivity contribution in [2.24, 2.45) is 0 Å². The van der Waals surface area contributed by atoms with Gasteiger partial charge in [-0.3, -0.25) is 0 Å². The van der Waals surface area contributed by atoms with E-state index in [2.05, 4.69) is 14.5 Å². The number of carbonyl (C=O) groups excluding carboxylic acids is 1. The van der Waals surface area contributed by atoms with Gasteiger partial charge in [0.25, 0.3) is 5.88 Å². The normalized spacial score (nSPS) is 10.3. The van der Waals surface area contributed by atoms with E-state index in [1.54, 1.807) is 0 Å². The Labute approximate surface area is 107 Å². The first-order valence-electron chi connectivity index (χ1n) is 4.77. The highest BCUT2D eigenvalue weighted by Crippen LogP contribution is 2.26. The summed E-state index contributed by atoms with van der Waals surface area (Å²) in [6.07, 6.45) is 0. The molecule has 1 aromatic rings. The molecule has 0 saturated carbocycles. The number of aromatic nitrogens is 1. The molecule has 100 valence electrons. The Morgan fingerprint density at radius 3 is 2.50 bits per heavy atom. The minimum atomic E-state index is -1.46. The molecule has 0 aliphatic rings. The van der Waals surface area contributed by atoms with Crippen LogP contribution in [-0.2, 0) is 9.47 Å². The molecule has 18 heavy (non-hydrogen) atoms. The van der Waals surface area contributed by atoms with Crippen molar-refractivity contribution in [1.29, 1.82) is 0 Å². The van der Waals surface area contributed by atoms with Crippen LogP contribution in [0.3, 0.4) is 0 Å². The molecule has 0 N–H and O–H groups in total. The lowest BCUT2D eigenvalue weighted by Crippen LogP contribution is -2.12. The molecule has 0 atom stereocenters. The molecule has 0 saturated heterocycles. The summed E-state index contributed by atoms with van der Waals surface area (Å²) in [5.74, 6) is -4.63. The number of nitrogens with zero attached hydrogens (tertiary/aromatic N) is 1. The zero-order valence-corrected chi connectivity index (χ0v) is 10.4. The summed E-state index contributed by atoms with van der Waals surface area (Å²) in [7, 11) is 2.43. The van der Waals surface area contributed by atoms with E-state index in [0.29, 0.717) is 0 Å². The predicted octanol–water partition coefficient (Wildman–Crippen LogP) is 1.83. The summed E-state index contributed by atoms with van der Waals surface area (Å²) in [5, 5.41) is -0.534. The molecule has 0 spiro atoms. The average Bonchev–Trinajstić information content (AvgIpc) is 2.35. The van der Waals surface area contributed by atoms with Crippen LogP contribution in [0.5, 0.6) is 5.88 Å². The van der Waals surface area contributed by atoms with Crippen molar-refractivity contribution in [1.82, 2.24) is 4.98 Å². The number of halogens is 3. The van der Waals surface area contributed by atoms with Gasteiger partial charge in [0.1, 0.15) is 12.2 Å². The van der Waals surface area contributed by atoms with Gasteiger partial charge in [0.2, 0.25) is 5.82 Å². The predicted molar refractivity (Wildman–Crippen MR) is 57.9 cm³/mol. The minimum Gasteiger partial charge on any atom is -0.473 e. The third-order valence-electron chi connectivity index (χ3n) is 1.92. The molecule has 0 bridgehead atoms. The van der Waals surface area contributed by atoms with Crippen molar-refractivity contribution in [3.8, 4) is 5.88 Å². The summed E-state index contributed by atoms with van der Waals surface area (Å²) in [5.41, 5.74) is -0.768. The number of rotatable bonds is 5. The quantitative estimate of drug-likeness (QED) is 0.468. The van der Waals surface area contributed by atoms with Crippen LogP contribution in [0, 0.1) is 11.6 Å². The SMILES string of the molecule is COCCOc1nc(Cl)c(C(=O)OC)c(F)c1F. The lowest BCUT2D eigenvalue weighted by molar-refractivity contribution is 0.0593. The van der Waals surface area contributed by atoms with Gasteiger partial charge in [0.05, 0.1) is 13.7 Å². The zero-order chi connectivity index (χ0) is 13.7. The highest BCUT2D eigenvalue weighted by atomic mass is 35.5. The first-order valence-corrected chi connectivity index (χ1v) is 5.15. The topological polar surface area (TPSA) is 57.7 Å². The lowest BCUT2D eigenvalue weighted by atomic mass is 10.2. The van der Waals surface area contributed by atoms with Crippen molar-refractivity contribution in [2.75, 3.05) is 27.4 Å². The van der Waals surface area contributed by atoms with Gasteiger partial charge >= 0.3 is 5.97 Å². The molecule has 0 aliphatic carbocycles. The summed E-state index contributed by atoms with van der Waals surface area (Å²) >= 11 is 5.56. The molecular weight excluding hydrogens is 272 g/mol. The van der Waals surface area contributed by atoms with Crippen LogP contribution in [0.2, 0.25) is 5.15 Å². The van der Waals surface area contributed by atoms with Crippen molar-refractivity contribution in [2.45, 2.75) is 0 Å². The third-order valence-corrected chi connectivity index (χ3v) is 2.20. The third kappa shape index (κ3) is 3.05. The summed E-state index contributed by atoms with van der Waals surface area (Å²) in [6, 6.07) is 0. The Balaban J connectivity index is 3.08. The second-order valence-corrected chi connectivity index (χ2v) is 3.40. The number of hydrogen-bond donors (Lipinski definition) is 0. The highest BCUT2D eigenvalue weighted by molar-refractivity contribution is 6.32. The Kier molecular flexibility index (Phi) is 5.24. The van der Waals surface area contributed by atoms with Gasteiger partial charge in [-0.05, 0) is 0 Å². The van der Waals surface area contributed by atoms with E-state index >= 15 is 0 Å². The van der Waals surface area contributed by atoms with E-state index < -0.39 is 34.2 Å². The molecule has 1 heterocycles. The van der Waals surface area contributed by atoms with E-state index in [9.17, 15) is 13.6 Å². The van der Waals surface area contributed by atoms with Crippen LogP contribution in [-0.4, -0.2) is 38.4 Å². The summed E-state index contributed by atoms with van der Waals surface area (Å²) in [6.45, 7) is 0.132. The Morgan fingerprint density at radius 1 is 1.28 bits per heavy atom. The van der Waals surface area contributed by atoms with Gasteiger partial charge in [-0.25, -0.2) is 9.18 Å². The van der Waals surface area contributed by atoms with E-state index in [-0.39, 0.29) is 13.2 Å². The monoisotopic (exact) mass is 281 g/mol. The van der Waals surface area contributed by atoms with Crippen molar-refractivity contribution in [3.63, 3.8) is 0 Å². The van der Waals surface area contributed by atoms with Crippen LogP contribution >= 0.6 is 11.6 Å². The summed E-state index contributed by atoms with van der Waals surface area (Å²) < 4.78 is 40.8. The number of carbonyl (C=O) groups is 1. The van der Waals surface area contributed by atoms with Gasteiger partial charge in [-0.15, -0.1) is 0 Å². The highest BCUT2D eigenvalue weighted by Gasteiger charge is 2.25. The Morgan fingerprint density at radius 2 is 1.94 bits per heavy atom. The number of esters is 1. The number of hydrogen-bond acceptors (Lipinski definition) is 5. The summed E-state index contributed by atoms with van der Waals surface area (Å²) in [4.78, 5) is 14.6. The molecule has 1 aromatic heterocycles. The first-order chi connectivity index (χ1) is 8.52. The largest absolute Gasteiger partial charge is 0.473 e. The van der Waals surface area contributed by atoms with Gasteiger partial charge in [0.15, 0.2) is 11.0 Å². The molecular formula is C10H10ClF2NO4. The van der Waals surface area contributed by atoms with Crippen molar-refractivity contribution in [3.05, 3.63) is 22.4 Å². The van der Waals surface area contributed by atoms with Crippen molar-refractivity contribution >= 4 is 17.6 Å².